The lowest BCUT2D eigenvalue weighted by atomic mass is 9.94. The lowest BCUT2D eigenvalue weighted by Crippen LogP contribution is -2.36. The van der Waals surface area contributed by atoms with Crippen LogP contribution in [0.5, 0.6) is 0 Å². The zero-order valence-corrected chi connectivity index (χ0v) is 16.3. The van der Waals surface area contributed by atoms with Crippen molar-refractivity contribution in [1.82, 2.24) is 15.1 Å². The number of nitriles is 1. The third kappa shape index (κ3) is 3.30. The van der Waals surface area contributed by atoms with Gasteiger partial charge in [-0.25, -0.2) is 4.68 Å². The number of nitrogens with one attached hydrogen (secondary N) is 1. The number of halogens is 5. The number of hydrogen-bond donors (Lipinski definition) is 2. The number of benzene rings is 1. The molecule has 0 saturated heterocycles. The van der Waals surface area contributed by atoms with E-state index in [9.17, 15) is 23.2 Å². The summed E-state index contributed by atoms with van der Waals surface area (Å²) in [5, 5.41) is 15.9. The number of aromatic nitrogens is 2. The van der Waals surface area contributed by atoms with Crippen molar-refractivity contribution in [2.24, 2.45) is 0 Å². The average molecular weight is 444 g/mol. The van der Waals surface area contributed by atoms with Crippen molar-refractivity contribution < 1.29 is 18.0 Å². The highest BCUT2D eigenvalue weighted by Gasteiger charge is 2.56. The van der Waals surface area contributed by atoms with Crippen LogP contribution in [0.1, 0.15) is 42.5 Å². The summed E-state index contributed by atoms with van der Waals surface area (Å²) in [5.74, 6) is -0.277. The van der Waals surface area contributed by atoms with Gasteiger partial charge in [-0.3, -0.25) is 4.79 Å². The molecule has 0 radical (unpaired) electrons. The van der Waals surface area contributed by atoms with Crippen LogP contribution in [0.15, 0.2) is 12.1 Å². The Balaban J connectivity index is 1.82. The molecule has 0 aliphatic heterocycles. The lowest BCUT2D eigenvalue weighted by Gasteiger charge is -2.16. The van der Waals surface area contributed by atoms with Crippen LogP contribution in [0.2, 0.25) is 10.0 Å². The Labute approximate surface area is 173 Å². The predicted octanol–water partition coefficient (Wildman–Crippen LogP) is 3.96. The van der Waals surface area contributed by atoms with E-state index >= 15 is 0 Å². The first-order valence-electron chi connectivity index (χ1n) is 8.75. The van der Waals surface area contributed by atoms with Gasteiger partial charge in [-0.15, -0.1) is 0 Å². The number of hydrogen-bond acceptors (Lipinski definition) is 4. The molecule has 4 rings (SSSR count). The molecule has 0 bridgehead atoms. The molecule has 0 spiro atoms. The van der Waals surface area contributed by atoms with Crippen molar-refractivity contribution >= 4 is 34.9 Å². The van der Waals surface area contributed by atoms with E-state index in [1.54, 1.807) is 0 Å². The summed E-state index contributed by atoms with van der Waals surface area (Å²) >= 11 is 12.1. The van der Waals surface area contributed by atoms with Gasteiger partial charge in [-0.2, -0.15) is 23.5 Å². The van der Waals surface area contributed by atoms with E-state index in [1.807, 2.05) is 6.07 Å². The maximum Gasteiger partial charge on any atom is 0.416 e. The largest absolute Gasteiger partial charge is 0.416 e. The molecule has 1 aromatic carbocycles. The molecule has 2 saturated carbocycles. The van der Waals surface area contributed by atoms with Crippen LogP contribution in [0, 0.1) is 11.3 Å². The number of amides is 1. The van der Waals surface area contributed by atoms with E-state index in [0.717, 1.165) is 17.5 Å². The number of nitrogen functional groups attached to an aromatic ring is 1. The fourth-order valence-electron chi connectivity index (χ4n) is 3.35. The van der Waals surface area contributed by atoms with E-state index in [0.29, 0.717) is 25.0 Å². The minimum absolute atomic E-state index is 0.0476. The van der Waals surface area contributed by atoms with Gasteiger partial charge in [0.25, 0.3) is 0 Å². The van der Waals surface area contributed by atoms with Gasteiger partial charge in [0, 0.05) is 11.6 Å². The summed E-state index contributed by atoms with van der Waals surface area (Å²) in [4.78, 5) is 12.7. The first-order valence-corrected chi connectivity index (χ1v) is 9.51. The Hall–Kier alpha value is -2.44. The topological polar surface area (TPSA) is 96.7 Å². The molecule has 0 atom stereocenters. The Morgan fingerprint density at radius 2 is 1.90 bits per heavy atom. The number of carbonyl (C=O) groups is 1. The van der Waals surface area contributed by atoms with Gasteiger partial charge in [0.1, 0.15) is 17.6 Å². The molecular formula is C18H14Cl2F3N5O. The maximum absolute atomic E-state index is 13.0. The van der Waals surface area contributed by atoms with Crippen molar-refractivity contribution in [2.75, 3.05) is 5.73 Å². The number of anilines is 1. The van der Waals surface area contributed by atoms with E-state index in [4.69, 9.17) is 28.9 Å². The van der Waals surface area contributed by atoms with Gasteiger partial charge in [-0.1, -0.05) is 23.2 Å². The van der Waals surface area contributed by atoms with Crippen LogP contribution in [-0.4, -0.2) is 21.7 Å². The maximum atomic E-state index is 13.0. The van der Waals surface area contributed by atoms with Crippen molar-refractivity contribution in [2.45, 2.75) is 43.3 Å². The first kappa shape index (κ1) is 19.9. The molecule has 3 N–H and O–H groups in total. The standard InChI is InChI=1S/C18H14Cl2F3N5O/c19-10-5-8(18(21,22)23)6-11(20)14(10)28-15(25)13(12(7-24)27-28)17(3-4-17)16(29)26-9-1-2-9/h5-6,9H,1-4,25H2,(H,26,29). The second-order valence-corrected chi connectivity index (χ2v) is 8.06. The lowest BCUT2D eigenvalue weighted by molar-refractivity contribution is -0.137. The Morgan fingerprint density at radius 3 is 2.34 bits per heavy atom. The quantitative estimate of drug-likeness (QED) is 0.746. The molecule has 2 aliphatic carbocycles. The average Bonchev–Trinajstić information content (AvgIpc) is 3.54. The minimum Gasteiger partial charge on any atom is -0.383 e. The van der Waals surface area contributed by atoms with Crippen molar-refractivity contribution in [3.8, 4) is 11.8 Å². The molecule has 2 fully saturated rings. The third-order valence-electron chi connectivity index (χ3n) is 5.16. The molecular weight excluding hydrogens is 430 g/mol. The summed E-state index contributed by atoms with van der Waals surface area (Å²) in [6.45, 7) is 0. The fraction of sp³-hybridized carbons (Fsp3) is 0.389. The smallest absolute Gasteiger partial charge is 0.383 e. The molecule has 2 aliphatic rings. The van der Waals surface area contributed by atoms with Crippen LogP contribution < -0.4 is 11.1 Å². The van der Waals surface area contributed by atoms with Crippen molar-refractivity contribution in [3.63, 3.8) is 0 Å². The molecule has 1 aromatic heterocycles. The first-order chi connectivity index (χ1) is 13.6. The van der Waals surface area contributed by atoms with Crippen LogP contribution in [0.3, 0.4) is 0 Å². The van der Waals surface area contributed by atoms with E-state index in [1.165, 1.54) is 0 Å². The highest BCUT2D eigenvalue weighted by molar-refractivity contribution is 6.38. The zero-order chi connectivity index (χ0) is 21.1. The monoisotopic (exact) mass is 443 g/mol. The highest BCUT2D eigenvalue weighted by Crippen LogP contribution is 2.52. The molecule has 1 amide bonds. The summed E-state index contributed by atoms with van der Waals surface area (Å²) < 4.78 is 40.0. The molecule has 152 valence electrons. The predicted molar refractivity (Wildman–Crippen MR) is 99.8 cm³/mol. The van der Waals surface area contributed by atoms with Crippen molar-refractivity contribution in [3.05, 3.63) is 39.0 Å². The van der Waals surface area contributed by atoms with E-state index < -0.39 is 17.2 Å². The van der Waals surface area contributed by atoms with Gasteiger partial charge < -0.3 is 11.1 Å². The molecule has 2 aromatic rings. The Bertz CT molecular complexity index is 1040. The van der Waals surface area contributed by atoms with E-state index in [-0.39, 0.29) is 44.8 Å². The normalized spacial score (nSPS) is 17.7. The molecule has 11 heteroatoms. The summed E-state index contributed by atoms with van der Waals surface area (Å²) in [6.07, 6.45) is -1.85. The minimum atomic E-state index is -4.64. The number of rotatable bonds is 4. The highest BCUT2D eigenvalue weighted by atomic mass is 35.5. The van der Waals surface area contributed by atoms with Gasteiger partial charge in [-0.05, 0) is 37.8 Å². The molecule has 1 heterocycles. The van der Waals surface area contributed by atoms with Crippen LogP contribution >= 0.6 is 23.2 Å². The number of nitrogens with zero attached hydrogens (tertiary/aromatic N) is 3. The summed E-state index contributed by atoms with van der Waals surface area (Å²) in [7, 11) is 0. The Kier molecular flexibility index (Phi) is 4.48. The van der Waals surface area contributed by atoms with E-state index in [2.05, 4.69) is 10.4 Å². The SMILES string of the molecule is N#Cc1nn(-c2c(Cl)cc(C(F)(F)F)cc2Cl)c(N)c1C1(C(=O)NC2CC2)CC1. The van der Waals surface area contributed by atoms with Crippen LogP contribution in [0.25, 0.3) is 5.69 Å². The second kappa shape index (κ2) is 6.54. The van der Waals surface area contributed by atoms with Gasteiger partial charge in [0.05, 0.1) is 21.0 Å². The summed E-state index contributed by atoms with van der Waals surface area (Å²) in [6, 6.07) is 3.46. The fourth-order valence-corrected chi connectivity index (χ4v) is 4.00. The van der Waals surface area contributed by atoms with Gasteiger partial charge >= 0.3 is 6.18 Å². The number of carbonyl (C=O) groups excluding carboxylic acids is 1. The molecule has 6 nitrogen and oxygen atoms in total. The van der Waals surface area contributed by atoms with Crippen LogP contribution in [-0.2, 0) is 16.4 Å². The Morgan fingerprint density at radius 1 is 1.31 bits per heavy atom. The molecule has 0 unspecified atom stereocenters. The van der Waals surface area contributed by atoms with Crippen molar-refractivity contribution in [1.29, 1.82) is 5.26 Å². The second-order valence-electron chi connectivity index (χ2n) is 7.25. The van der Waals surface area contributed by atoms with Gasteiger partial charge in [0.2, 0.25) is 5.91 Å². The molecule has 29 heavy (non-hydrogen) atoms. The summed E-state index contributed by atoms with van der Waals surface area (Å²) in [5.41, 5.74) is 4.31. The van der Waals surface area contributed by atoms with Crippen LogP contribution in [0.4, 0.5) is 19.0 Å². The third-order valence-corrected chi connectivity index (χ3v) is 5.74. The number of nitrogens with two attached hydrogens (primary N) is 1. The number of alkyl halides is 3. The van der Waals surface area contributed by atoms with Gasteiger partial charge in [0.15, 0.2) is 5.69 Å². The zero-order valence-electron chi connectivity index (χ0n) is 14.8.